The van der Waals surface area contributed by atoms with Gasteiger partial charge in [-0.2, -0.15) is 0 Å². The molecule has 3 nitrogen and oxygen atoms in total. The summed E-state index contributed by atoms with van der Waals surface area (Å²) in [5.41, 5.74) is 5.26. The van der Waals surface area contributed by atoms with Crippen LogP contribution in [0.2, 0.25) is 10.0 Å². The van der Waals surface area contributed by atoms with Crippen LogP contribution in [-0.4, -0.2) is 19.7 Å². The van der Waals surface area contributed by atoms with E-state index in [1.165, 1.54) is 18.2 Å². The fourth-order valence-electron chi connectivity index (χ4n) is 1.44. The van der Waals surface area contributed by atoms with Crippen LogP contribution in [-0.2, 0) is 9.84 Å². The van der Waals surface area contributed by atoms with E-state index in [9.17, 15) is 8.42 Å². The van der Waals surface area contributed by atoms with Crippen LogP contribution in [0.3, 0.4) is 0 Å². The van der Waals surface area contributed by atoms with Crippen molar-refractivity contribution in [3.63, 3.8) is 0 Å². The number of benzene rings is 1. The molecule has 6 heteroatoms. The van der Waals surface area contributed by atoms with E-state index in [0.29, 0.717) is 5.02 Å². The van der Waals surface area contributed by atoms with Crippen LogP contribution in [0, 0.1) is 0 Å². The zero-order chi connectivity index (χ0) is 12.0. The lowest BCUT2D eigenvalue weighted by molar-refractivity contribution is 0.585. The molecule has 1 aliphatic carbocycles. The Labute approximate surface area is 104 Å². The smallest absolute Gasteiger partial charge is 0.180 e. The summed E-state index contributed by atoms with van der Waals surface area (Å²) in [5.74, 6) is -0.0298. The van der Waals surface area contributed by atoms with Gasteiger partial charge >= 0.3 is 0 Å². The minimum Gasteiger partial charge on any atom is -0.324 e. The number of sulfone groups is 1. The summed E-state index contributed by atoms with van der Waals surface area (Å²) in [6, 6.07) is 4.30. The lowest BCUT2D eigenvalue weighted by Crippen LogP contribution is -2.31. The molecule has 88 valence electrons. The van der Waals surface area contributed by atoms with Gasteiger partial charge in [0.1, 0.15) is 0 Å². The Balaban J connectivity index is 2.32. The highest BCUT2D eigenvalue weighted by Gasteiger charge is 2.42. The van der Waals surface area contributed by atoms with Crippen molar-refractivity contribution in [2.45, 2.75) is 23.3 Å². The predicted octanol–water partition coefficient (Wildman–Crippen LogP) is 2.26. The third-order valence-electron chi connectivity index (χ3n) is 2.62. The van der Waals surface area contributed by atoms with E-state index >= 15 is 0 Å². The van der Waals surface area contributed by atoms with Crippen molar-refractivity contribution in [1.29, 1.82) is 0 Å². The fraction of sp³-hybridized carbons (Fsp3) is 0.400. The standard InChI is InChI=1S/C10H11Cl2NO2S/c11-8-2-1-7(5-9(8)12)16(14,15)6-10(13)3-4-10/h1-2,5H,3-4,6,13H2. The van der Waals surface area contributed by atoms with Crippen LogP contribution in [0.15, 0.2) is 23.1 Å². The molecular formula is C10H11Cl2NO2S. The van der Waals surface area contributed by atoms with Gasteiger partial charge in [0.15, 0.2) is 9.84 Å². The molecule has 1 fully saturated rings. The molecule has 1 aromatic rings. The zero-order valence-electron chi connectivity index (χ0n) is 8.41. The third-order valence-corrected chi connectivity index (χ3v) is 5.29. The van der Waals surface area contributed by atoms with E-state index in [4.69, 9.17) is 28.9 Å². The topological polar surface area (TPSA) is 60.2 Å². The molecule has 0 amide bonds. The second-order valence-corrected chi connectivity index (χ2v) is 7.00. The van der Waals surface area contributed by atoms with Crippen molar-refractivity contribution >= 4 is 33.0 Å². The van der Waals surface area contributed by atoms with Gasteiger partial charge in [-0.25, -0.2) is 8.42 Å². The molecule has 1 saturated carbocycles. The molecule has 0 unspecified atom stereocenters. The van der Waals surface area contributed by atoms with E-state index in [1.807, 2.05) is 0 Å². The van der Waals surface area contributed by atoms with E-state index in [-0.39, 0.29) is 15.7 Å². The maximum Gasteiger partial charge on any atom is 0.180 e. The average Bonchev–Trinajstić information content (AvgIpc) is 2.86. The van der Waals surface area contributed by atoms with Gasteiger partial charge < -0.3 is 5.73 Å². The van der Waals surface area contributed by atoms with E-state index in [0.717, 1.165) is 12.8 Å². The monoisotopic (exact) mass is 279 g/mol. The summed E-state index contributed by atoms with van der Waals surface area (Å²) in [7, 11) is -3.36. The first-order valence-corrected chi connectivity index (χ1v) is 7.20. The van der Waals surface area contributed by atoms with Gasteiger partial charge in [-0.05, 0) is 31.0 Å². The van der Waals surface area contributed by atoms with Crippen LogP contribution in [0.4, 0.5) is 0 Å². The molecular weight excluding hydrogens is 269 g/mol. The lowest BCUT2D eigenvalue weighted by Gasteiger charge is -2.10. The second kappa shape index (κ2) is 3.88. The predicted molar refractivity (Wildman–Crippen MR) is 64.7 cm³/mol. The van der Waals surface area contributed by atoms with Gasteiger partial charge in [0.05, 0.1) is 20.7 Å². The van der Waals surface area contributed by atoms with Gasteiger partial charge in [0.25, 0.3) is 0 Å². The maximum atomic E-state index is 12.0. The Morgan fingerprint density at radius 2 is 1.88 bits per heavy atom. The fourth-order valence-corrected chi connectivity index (χ4v) is 3.58. The van der Waals surface area contributed by atoms with Gasteiger partial charge in [0, 0.05) is 5.54 Å². The molecule has 0 aromatic heterocycles. The largest absolute Gasteiger partial charge is 0.324 e. The molecule has 2 rings (SSSR count). The average molecular weight is 280 g/mol. The quantitative estimate of drug-likeness (QED) is 0.923. The highest BCUT2D eigenvalue weighted by atomic mass is 35.5. The van der Waals surface area contributed by atoms with Crippen molar-refractivity contribution in [3.8, 4) is 0 Å². The van der Waals surface area contributed by atoms with Crippen LogP contribution >= 0.6 is 23.2 Å². The minimum atomic E-state index is -3.36. The summed E-state index contributed by atoms with van der Waals surface area (Å²) in [6.07, 6.45) is 1.51. The summed E-state index contributed by atoms with van der Waals surface area (Å²) in [4.78, 5) is 0.179. The number of nitrogens with two attached hydrogens (primary N) is 1. The molecule has 0 bridgehead atoms. The first kappa shape index (κ1) is 12.2. The molecule has 0 aliphatic heterocycles. The Morgan fingerprint density at radius 1 is 1.25 bits per heavy atom. The highest BCUT2D eigenvalue weighted by Crippen LogP contribution is 2.35. The van der Waals surface area contributed by atoms with Crippen LogP contribution in [0.1, 0.15) is 12.8 Å². The molecule has 0 atom stereocenters. The molecule has 0 saturated heterocycles. The molecule has 0 spiro atoms. The van der Waals surface area contributed by atoms with E-state index < -0.39 is 15.4 Å². The van der Waals surface area contributed by atoms with Crippen LogP contribution in [0.25, 0.3) is 0 Å². The maximum absolute atomic E-state index is 12.0. The number of rotatable bonds is 3. The van der Waals surface area contributed by atoms with Gasteiger partial charge in [-0.15, -0.1) is 0 Å². The SMILES string of the molecule is NC1(CS(=O)(=O)c2ccc(Cl)c(Cl)c2)CC1. The molecule has 1 aliphatic rings. The number of halogens is 2. The Hall–Kier alpha value is -0.290. The van der Waals surface area contributed by atoms with Crippen LogP contribution < -0.4 is 5.73 Å². The molecule has 0 radical (unpaired) electrons. The Kier molecular flexibility index (Phi) is 2.95. The van der Waals surface area contributed by atoms with Gasteiger partial charge in [-0.3, -0.25) is 0 Å². The zero-order valence-corrected chi connectivity index (χ0v) is 10.7. The van der Waals surface area contributed by atoms with E-state index in [1.54, 1.807) is 0 Å². The first-order valence-electron chi connectivity index (χ1n) is 4.79. The Bertz CT molecular complexity index is 524. The van der Waals surface area contributed by atoms with Crippen molar-refractivity contribution < 1.29 is 8.42 Å². The number of hydrogen-bond acceptors (Lipinski definition) is 3. The molecule has 1 aromatic carbocycles. The molecule has 16 heavy (non-hydrogen) atoms. The summed E-state index contributed by atoms with van der Waals surface area (Å²) in [6.45, 7) is 0. The third kappa shape index (κ3) is 2.51. The molecule has 0 heterocycles. The minimum absolute atomic E-state index is 0.0298. The summed E-state index contributed by atoms with van der Waals surface area (Å²) in [5, 5.41) is 0.583. The van der Waals surface area contributed by atoms with Crippen molar-refractivity contribution in [2.24, 2.45) is 5.73 Å². The van der Waals surface area contributed by atoms with Crippen molar-refractivity contribution in [1.82, 2.24) is 0 Å². The molecule has 2 N–H and O–H groups in total. The summed E-state index contributed by atoms with van der Waals surface area (Å²) >= 11 is 11.5. The lowest BCUT2D eigenvalue weighted by atomic mass is 10.3. The second-order valence-electron chi connectivity index (χ2n) is 4.20. The number of hydrogen-bond donors (Lipinski definition) is 1. The van der Waals surface area contributed by atoms with E-state index in [2.05, 4.69) is 0 Å². The first-order chi connectivity index (χ1) is 7.32. The highest BCUT2D eigenvalue weighted by molar-refractivity contribution is 7.91. The normalized spacial score (nSPS) is 18.4. The Morgan fingerprint density at radius 3 is 2.38 bits per heavy atom. The van der Waals surface area contributed by atoms with Crippen molar-refractivity contribution in [2.75, 3.05) is 5.75 Å². The summed E-state index contributed by atoms with van der Waals surface area (Å²) < 4.78 is 23.9. The van der Waals surface area contributed by atoms with Gasteiger partial charge in [0.2, 0.25) is 0 Å². The van der Waals surface area contributed by atoms with Gasteiger partial charge in [-0.1, -0.05) is 23.2 Å². The van der Waals surface area contributed by atoms with Crippen LogP contribution in [0.5, 0.6) is 0 Å². The van der Waals surface area contributed by atoms with Crippen molar-refractivity contribution in [3.05, 3.63) is 28.2 Å².